The van der Waals surface area contributed by atoms with Gasteiger partial charge in [0.2, 0.25) is 11.8 Å². The van der Waals surface area contributed by atoms with E-state index in [0.717, 1.165) is 104 Å². The highest BCUT2D eigenvalue weighted by molar-refractivity contribution is 7.22. The minimum absolute atomic E-state index is 0.239. The molecule has 6 rings (SSSR count). The summed E-state index contributed by atoms with van der Waals surface area (Å²) in [5.41, 5.74) is 1.39. The van der Waals surface area contributed by atoms with Crippen molar-refractivity contribution in [1.29, 1.82) is 0 Å². The third kappa shape index (κ3) is 8.20. The summed E-state index contributed by atoms with van der Waals surface area (Å²) in [6, 6.07) is 10.1. The Balaban J connectivity index is 0.817. The average molecular weight is 683 g/mol. The van der Waals surface area contributed by atoms with Crippen molar-refractivity contribution in [3.8, 4) is 0 Å². The molecule has 8 nitrogen and oxygen atoms in total. The Bertz CT molecular complexity index is 1560. The highest BCUT2D eigenvalue weighted by Gasteiger charge is 2.28. The Morgan fingerprint density at radius 3 is 1.47 bits per heavy atom. The third-order valence-electron chi connectivity index (χ3n) is 9.79. The van der Waals surface area contributed by atoms with Crippen molar-refractivity contribution in [2.75, 3.05) is 50.1 Å². The first-order valence-electron chi connectivity index (χ1n) is 16.9. The van der Waals surface area contributed by atoms with Crippen LogP contribution in [0.1, 0.15) is 70.6 Å². The Kier molecular flexibility index (Phi) is 10.9. The Morgan fingerprint density at radius 1 is 0.681 bits per heavy atom. The molecule has 4 heterocycles. The number of hydrogen-bond donors (Lipinski definition) is 0. The van der Waals surface area contributed by atoms with Crippen LogP contribution in [0.15, 0.2) is 36.4 Å². The molecule has 0 aliphatic carbocycles. The summed E-state index contributed by atoms with van der Waals surface area (Å²) in [5, 5.41) is 1.79. The minimum Gasteiger partial charge on any atom is -0.348 e. The van der Waals surface area contributed by atoms with E-state index in [1.54, 1.807) is 34.8 Å². The zero-order valence-electron chi connectivity index (χ0n) is 27.3. The monoisotopic (exact) mass is 682 g/mol. The van der Waals surface area contributed by atoms with Crippen LogP contribution in [0.4, 0.5) is 19.0 Å². The maximum atomic E-state index is 13.6. The number of likely N-dealkylation sites (tertiary alicyclic amines) is 2. The maximum absolute atomic E-state index is 13.6. The second-order valence-electron chi connectivity index (χ2n) is 12.9. The predicted octanol–water partition coefficient (Wildman–Crippen LogP) is 7.47. The molecular weight excluding hydrogens is 639 g/mol. The molecule has 2 fully saturated rings. The first kappa shape index (κ1) is 33.5. The molecule has 2 aromatic carbocycles. The summed E-state index contributed by atoms with van der Waals surface area (Å²) in [4.78, 5) is 43.3. The van der Waals surface area contributed by atoms with Crippen molar-refractivity contribution >= 4 is 65.2 Å². The van der Waals surface area contributed by atoms with Crippen LogP contribution in [0.2, 0.25) is 0 Å². The second kappa shape index (κ2) is 15.2. The topological polar surface area (TPSA) is 72.9 Å². The third-order valence-corrected chi connectivity index (χ3v) is 12.0. The molecule has 2 aliphatic heterocycles. The van der Waals surface area contributed by atoms with Gasteiger partial charge in [-0.1, -0.05) is 41.9 Å². The van der Waals surface area contributed by atoms with Gasteiger partial charge in [-0.3, -0.25) is 9.59 Å². The molecule has 0 radical (unpaired) electrons. The quantitative estimate of drug-likeness (QED) is 0.145. The largest absolute Gasteiger partial charge is 0.348 e. The summed E-state index contributed by atoms with van der Waals surface area (Å²) < 4.78 is 29.1. The smallest absolute Gasteiger partial charge is 0.222 e. The molecule has 0 N–H and O–H groups in total. The molecule has 4 aromatic rings. The molecule has 0 unspecified atom stereocenters. The molecule has 0 spiro atoms. The molecule has 0 atom stereocenters. The van der Waals surface area contributed by atoms with Crippen LogP contribution in [0, 0.1) is 11.6 Å². The Hall–Kier alpha value is -3.38. The number of benzene rings is 2. The number of anilines is 2. The first-order chi connectivity index (χ1) is 22.7. The molecule has 2 aliphatic rings. The van der Waals surface area contributed by atoms with Gasteiger partial charge < -0.3 is 19.6 Å². The standard InChI is InChI=1S/C35H44F2N6O2S2/c1-40(34-38-28-22-24(36)10-12-30(28)46-34)26-14-18-42(19-15-26)32(44)8-6-4-3-5-7-9-33(45)43-20-16-27(17-21-43)41(2)35-39-29-23-25(37)11-13-31(29)47-35/h10-13,22-23,26-27H,3-9,14-21H2,1-2H3. The SMILES string of the molecule is CN(c1nc2cc(F)ccc2s1)C1CCN(C(=O)CCCCCCCC(=O)N2CCC(N(C)c3nc4cc(F)ccc4s3)CC2)CC1. The number of piperidine rings is 2. The van der Waals surface area contributed by atoms with Crippen LogP contribution in [-0.4, -0.2) is 83.9 Å². The fourth-order valence-electron chi connectivity index (χ4n) is 6.80. The lowest BCUT2D eigenvalue weighted by atomic mass is 10.0. The zero-order chi connectivity index (χ0) is 32.9. The van der Waals surface area contributed by atoms with Crippen molar-refractivity contribution in [3.05, 3.63) is 48.0 Å². The number of rotatable bonds is 12. The van der Waals surface area contributed by atoms with Gasteiger partial charge in [0, 0.05) is 77.3 Å². The number of nitrogens with zero attached hydrogens (tertiary/aromatic N) is 6. The van der Waals surface area contributed by atoms with Gasteiger partial charge in [-0.25, -0.2) is 18.7 Å². The number of fused-ring (bicyclic) bond motifs is 2. The lowest BCUT2D eigenvalue weighted by molar-refractivity contribution is -0.133. The van der Waals surface area contributed by atoms with Crippen molar-refractivity contribution in [1.82, 2.24) is 19.8 Å². The van der Waals surface area contributed by atoms with E-state index in [1.807, 2.05) is 23.9 Å². The summed E-state index contributed by atoms with van der Waals surface area (Å²) >= 11 is 3.16. The summed E-state index contributed by atoms with van der Waals surface area (Å²) in [6.07, 6.45) is 9.61. The van der Waals surface area contributed by atoms with Crippen LogP contribution in [-0.2, 0) is 9.59 Å². The number of carbonyl (C=O) groups is 2. The molecule has 2 saturated heterocycles. The van der Waals surface area contributed by atoms with Crippen LogP contribution in [0.3, 0.4) is 0 Å². The van der Waals surface area contributed by atoms with E-state index in [4.69, 9.17) is 0 Å². The van der Waals surface area contributed by atoms with Crippen LogP contribution < -0.4 is 9.80 Å². The molecule has 47 heavy (non-hydrogen) atoms. The maximum Gasteiger partial charge on any atom is 0.222 e. The highest BCUT2D eigenvalue weighted by Crippen LogP contribution is 2.33. The van der Waals surface area contributed by atoms with Crippen LogP contribution in [0.25, 0.3) is 20.4 Å². The van der Waals surface area contributed by atoms with E-state index in [-0.39, 0.29) is 23.4 Å². The van der Waals surface area contributed by atoms with E-state index in [1.165, 1.54) is 24.3 Å². The van der Waals surface area contributed by atoms with Gasteiger partial charge in [0.25, 0.3) is 0 Å². The molecular formula is C35H44F2N6O2S2. The molecule has 0 bridgehead atoms. The number of unbranched alkanes of at least 4 members (excludes halogenated alkanes) is 4. The number of carbonyl (C=O) groups excluding carboxylic acids is 2. The highest BCUT2D eigenvalue weighted by atomic mass is 32.1. The van der Waals surface area contributed by atoms with Gasteiger partial charge in [0.15, 0.2) is 10.3 Å². The van der Waals surface area contributed by atoms with Gasteiger partial charge in [-0.05, 0) is 62.8 Å². The summed E-state index contributed by atoms with van der Waals surface area (Å²) in [5.74, 6) is -0.0604. The number of amides is 2. The molecule has 2 amide bonds. The van der Waals surface area contributed by atoms with E-state index in [9.17, 15) is 18.4 Å². The van der Waals surface area contributed by atoms with Crippen molar-refractivity contribution in [2.45, 2.75) is 82.7 Å². The van der Waals surface area contributed by atoms with E-state index in [0.29, 0.717) is 36.0 Å². The fraction of sp³-hybridized carbons (Fsp3) is 0.543. The lowest BCUT2D eigenvalue weighted by Crippen LogP contribution is -2.45. The first-order valence-corrected chi connectivity index (χ1v) is 18.5. The summed E-state index contributed by atoms with van der Waals surface area (Å²) in [7, 11) is 4.09. The zero-order valence-corrected chi connectivity index (χ0v) is 28.9. The predicted molar refractivity (Wildman–Crippen MR) is 187 cm³/mol. The number of aromatic nitrogens is 2. The van der Waals surface area contributed by atoms with E-state index >= 15 is 0 Å². The van der Waals surface area contributed by atoms with Gasteiger partial charge in [0.1, 0.15) is 11.6 Å². The summed E-state index contributed by atoms with van der Waals surface area (Å²) in [6.45, 7) is 3.02. The molecule has 12 heteroatoms. The van der Waals surface area contributed by atoms with Crippen LogP contribution in [0.5, 0.6) is 0 Å². The van der Waals surface area contributed by atoms with E-state index < -0.39 is 0 Å². The van der Waals surface area contributed by atoms with Gasteiger partial charge in [-0.2, -0.15) is 0 Å². The van der Waals surface area contributed by atoms with Crippen molar-refractivity contribution < 1.29 is 18.4 Å². The minimum atomic E-state index is -0.269. The molecule has 0 saturated carbocycles. The Morgan fingerprint density at radius 2 is 1.06 bits per heavy atom. The van der Waals surface area contributed by atoms with Crippen LogP contribution >= 0.6 is 22.7 Å². The van der Waals surface area contributed by atoms with Crippen molar-refractivity contribution in [3.63, 3.8) is 0 Å². The number of hydrogen-bond acceptors (Lipinski definition) is 8. The van der Waals surface area contributed by atoms with Crippen molar-refractivity contribution in [2.24, 2.45) is 0 Å². The average Bonchev–Trinajstić information content (AvgIpc) is 3.71. The number of thiazole rings is 2. The number of halogens is 2. The van der Waals surface area contributed by atoms with E-state index in [2.05, 4.69) is 19.8 Å². The van der Waals surface area contributed by atoms with Gasteiger partial charge in [0.05, 0.1) is 20.4 Å². The normalized spacial score (nSPS) is 16.3. The van der Waals surface area contributed by atoms with Gasteiger partial charge >= 0.3 is 0 Å². The Labute approximate surface area is 283 Å². The second-order valence-corrected chi connectivity index (χ2v) is 14.9. The molecule has 2 aromatic heterocycles. The lowest BCUT2D eigenvalue weighted by Gasteiger charge is -2.36. The molecule has 252 valence electrons. The van der Waals surface area contributed by atoms with Gasteiger partial charge in [-0.15, -0.1) is 0 Å². The fourth-order valence-corrected chi connectivity index (χ4v) is 8.75.